The van der Waals surface area contributed by atoms with E-state index in [1.54, 1.807) is 12.1 Å². The molecule has 3 rings (SSSR count). The molecule has 0 aliphatic heterocycles. The molecule has 0 saturated heterocycles. The predicted molar refractivity (Wildman–Crippen MR) is 145 cm³/mol. The van der Waals surface area contributed by atoms with Crippen LogP contribution in [0.5, 0.6) is 0 Å². The number of hydrogen-bond donors (Lipinski definition) is 1. The van der Waals surface area contributed by atoms with Crippen molar-refractivity contribution in [1.29, 1.82) is 5.26 Å². The maximum Gasteiger partial charge on any atom is 0.238 e. The Labute approximate surface area is 220 Å². The minimum absolute atomic E-state index is 0.0167. The van der Waals surface area contributed by atoms with E-state index in [4.69, 9.17) is 10.4 Å². The van der Waals surface area contributed by atoms with Gasteiger partial charge < -0.3 is 4.90 Å². The number of rotatable bonds is 14. The predicted octanol–water partition coefficient (Wildman–Crippen LogP) is 3.41. The van der Waals surface area contributed by atoms with Crippen molar-refractivity contribution >= 4 is 15.9 Å². The second-order valence-electron chi connectivity index (χ2n) is 8.98. The highest BCUT2D eigenvalue weighted by molar-refractivity contribution is 7.89. The number of nitrogens with two attached hydrogens (primary N) is 1. The van der Waals surface area contributed by atoms with Crippen molar-refractivity contribution in [3.05, 3.63) is 102 Å². The maximum absolute atomic E-state index is 13.5. The van der Waals surface area contributed by atoms with Gasteiger partial charge in [-0.05, 0) is 48.1 Å². The summed E-state index contributed by atoms with van der Waals surface area (Å²) >= 11 is 0. The lowest BCUT2D eigenvalue weighted by Crippen LogP contribution is -2.43. The molecule has 0 atom stereocenters. The lowest BCUT2D eigenvalue weighted by molar-refractivity contribution is -0.132. The Morgan fingerprint density at radius 2 is 1.22 bits per heavy atom. The van der Waals surface area contributed by atoms with Crippen LogP contribution in [0.2, 0.25) is 0 Å². The Kier molecular flexibility index (Phi) is 10.8. The zero-order valence-corrected chi connectivity index (χ0v) is 21.8. The fraction of sp³-hybridized carbons (Fsp3) is 0.310. The molecular formula is C29H34N4O3S. The van der Waals surface area contributed by atoms with Crippen LogP contribution in [0.1, 0.15) is 23.1 Å². The molecule has 0 fully saturated rings. The van der Waals surface area contributed by atoms with Gasteiger partial charge in [0, 0.05) is 32.6 Å². The standard InChI is InChI=1S/C29H34N4O3S/c30-19-7-20-32(21-16-25-8-3-1-4-9-25)24-29(34)33(22-17-26-10-5-2-6-11-26)23-18-27-12-14-28(15-13-27)37(31,35)36/h1-6,8-15H,7,16-18,20-24H2,(H2,31,35,36). The van der Waals surface area contributed by atoms with Crippen molar-refractivity contribution in [2.24, 2.45) is 5.14 Å². The molecule has 0 aliphatic carbocycles. The van der Waals surface area contributed by atoms with Crippen molar-refractivity contribution in [2.45, 2.75) is 30.6 Å². The minimum atomic E-state index is -3.74. The zero-order chi connectivity index (χ0) is 26.5. The number of nitrogens with zero attached hydrogens (tertiary/aromatic N) is 3. The van der Waals surface area contributed by atoms with Crippen LogP contribution in [0.25, 0.3) is 0 Å². The fourth-order valence-electron chi connectivity index (χ4n) is 4.08. The van der Waals surface area contributed by atoms with Gasteiger partial charge in [-0.25, -0.2) is 13.6 Å². The highest BCUT2D eigenvalue weighted by Crippen LogP contribution is 2.11. The molecular weight excluding hydrogens is 484 g/mol. The minimum Gasteiger partial charge on any atom is -0.341 e. The molecule has 2 N–H and O–H groups in total. The van der Waals surface area contributed by atoms with E-state index in [0.717, 1.165) is 24.0 Å². The number of carbonyl (C=O) groups is 1. The van der Waals surface area contributed by atoms with E-state index >= 15 is 0 Å². The first-order valence-electron chi connectivity index (χ1n) is 12.4. The van der Waals surface area contributed by atoms with Crippen molar-refractivity contribution in [3.63, 3.8) is 0 Å². The maximum atomic E-state index is 13.5. The van der Waals surface area contributed by atoms with Gasteiger partial charge in [0.25, 0.3) is 0 Å². The topological polar surface area (TPSA) is 108 Å². The summed E-state index contributed by atoms with van der Waals surface area (Å²) in [6.45, 7) is 2.55. The Balaban J connectivity index is 1.67. The smallest absolute Gasteiger partial charge is 0.238 e. The molecule has 0 unspecified atom stereocenters. The summed E-state index contributed by atoms with van der Waals surface area (Å²) in [5, 5.41) is 14.3. The van der Waals surface area contributed by atoms with Crippen molar-refractivity contribution < 1.29 is 13.2 Å². The van der Waals surface area contributed by atoms with Gasteiger partial charge in [-0.3, -0.25) is 9.69 Å². The van der Waals surface area contributed by atoms with E-state index in [-0.39, 0.29) is 17.3 Å². The average Bonchev–Trinajstić information content (AvgIpc) is 2.91. The van der Waals surface area contributed by atoms with Gasteiger partial charge in [0.1, 0.15) is 0 Å². The van der Waals surface area contributed by atoms with Crippen LogP contribution in [-0.4, -0.2) is 56.8 Å². The monoisotopic (exact) mass is 518 g/mol. The van der Waals surface area contributed by atoms with Crippen LogP contribution in [0.3, 0.4) is 0 Å². The first-order valence-corrected chi connectivity index (χ1v) is 14.0. The number of hydrogen-bond acceptors (Lipinski definition) is 5. The fourth-order valence-corrected chi connectivity index (χ4v) is 4.60. The van der Waals surface area contributed by atoms with Gasteiger partial charge in [0.15, 0.2) is 0 Å². The van der Waals surface area contributed by atoms with Gasteiger partial charge in [0.2, 0.25) is 15.9 Å². The first-order chi connectivity index (χ1) is 17.8. The van der Waals surface area contributed by atoms with E-state index in [1.807, 2.05) is 53.4 Å². The van der Waals surface area contributed by atoms with Crippen molar-refractivity contribution in [1.82, 2.24) is 9.80 Å². The molecule has 37 heavy (non-hydrogen) atoms. The van der Waals surface area contributed by atoms with Crippen LogP contribution in [0.15, 0.2) is 89.8 Å². The Hall–Kier alpha value is -3.51. The summed E-state index contributed by atoms with van der Waals surface area (Å²) in [5.74, 6) is 0.0167. The van der Waals surface area contributed by atoms with E-state index in [1.165, 1.54) is 17.7 Å². The molecule has 8 heteroatoms. The molecule has 0 aromatic heterocycles. The molecule has 3 aromatic carbocycles. The molecule has 0 radical (unpaired) electrons. The summed E-state index contributed by atoms with van der Waals surface area (Å²) in [6.07, 6.45) is 2.50. The molecule has 7 nitrogen and oxygen atoms in total. The van der Waals surface area contributed by atoms with Gasteiger partial charge in [0.05, 0.1) is 17.5 Å². The Morgan fingerprint density at radius 3 is 1.70 bits per heavy atom. The number of primary sulfonamides is 1. The van der Waals surface area contributed by atoms with Crippen LogP contribution in [0, 0.1) is 11.3 Å². The molecule has 0 bridgehead atoms. The third-order valence-electron chi connectivity index (χ3n) is 6.25. The number of benzene rings is 3. The van der Waals surface area contributed by atoms with Gasteiger partial charge in [-0.2, -0.15) is 5.26 Å². The molecule has 0 aliphatic rings. The van der Waals surface area contributed by atoms with Gasteiger partial charge in [-0.1, -0.05) is 72.8 Å². The summed E-state index contributed by atoms with van der Waals surface area (Å²) in [6, 6.07) is 28.8. The lowest BCUT2D eigenvalue weighted by Gasteiger charge is -2.27. The second-order valence-corrected chi connectivity index (χ2v) is 10.5. The number of nitriles is 1. The summed E-state index contributed by atoms with van der Waals surface area (Å²) in [4.78, 5) is 17.4. The van der Waals surface area contributed by atoms with Gasteiger partial charge >= 0.3 is 0 Å². The molecule has 194 valence electrons. The molecule has 0 heterocycles. The van der Waals surface area contributed by atoms with Crippen molar-refractivity contribution in [3.8, 4) is 6.07 Å². The lowest BCUT2D eigenvalue weighted by atomic mass is 10.1. The van der Waals surface area contributed by atoms with Crippen LogP contribution < -0.4 is 5.14 Å². The van der Waals surface area contributed by atoms with E-state index in [2.05, 4.69) is 23.1 Å². The zero-order valence-electron chi connectivity index (χ0n) is 21.0. The van der Waals surface area contributed by atoms with Crippen LogP contribution in [0.4, 0.5) is 0 Å². The van der Waals surface area contributed by atoms with E-state index in [9.17, 15) is 13.2 Å². The quantitative estimate of drug-likeness (QED) is 0.352. The van der Waals surface area contributed by atoms with Crippen LogP contribution >= 0.6 is 0 Å². The molecule has 0 saturated carbocycles. The largest absolute Gasteiger partial charge is 0.341 e. The normalized spacial score (nSPS) is 11.3. The molecule has 0 spiro atoms. The second kappa shape index (κ2) is 14.3. The highest BCUT2D eigenvalue weighted by Gasteiger charge is 2.18. The van der Waals surface area contributed by atoms with E-state index < -0.39 is 10.0 Å². The van der Waals surface area contributed by atoms with Crippen molar-refractivity contribution in [2.75, 3.05) is 32.7 Å². The molecule has 1 amide bonds. The first kappa shape index (κ1) is 28.1. The van der Waals surface area contributed by atoms with Gasteiger partial charge in [-0.15, -0.1) is 0 Å². The number of amides is 1. The highest BCUT2D eigenvalue weighted by atomic mass is 32.2. The third-order valence-corrected chi connectivity index (χ3v) is 7.18. The summed E-state index contributed by atoms with van der Waals surface area (Å²) in [7, 11) is -3.74. The number of sulfonamides is 1. The number of carbonyl (C=O) groups excluding carboxylic acids is 1. The summed E-state index contributed by atoms with van der Waals surface area (Å²) in [5.41, 5.74) is 3.28. The Morgan fingerprint density at radius 1 is 0.730 bits per heavy atom. The average molecular weight is 519 g/mol. The molecule has 3 aromatic rings. The Bertz CT molecular complexity index is 1260. The van der Waals surface area contributed by atoms with E-state index in [0.29, 0.717) is 39.0 Å². The third kappa shape index (κ3) is 9.81. The summed E-state index contributed by atoms with van der Waals surface area (Å²) < 4.78 is 23.1. The SMILES string of the molecule is N#CCCN(CCc1ccccc1)CC(=O)N(CCc1ccccc1)CCc1ccc(S(N)(=O)=O)cc1. The van der Waals surface area contributed by atoms with Crippen LogP contribution in [-0.2, 0) is 34.1 Å².